The van der Waals surface area contributed by atoms with Crippen molar-refractivity contribution in [3.8, 4) is 0 Å². The maximum Gasteiger partial charge on any atom is 1.00 e. The van der Waals surface area contributed by atoms with E-state index in [1.165, 1.54) is 4.31 Å². The average Bonchev–Trinajstić information content (AvgIpc) is 2.20. The van der Waals surface area contributed by atoms with Gasteiger partial charge >= 0.3 is 18.9 Å². The minimum Gasteiger partial charge on any atom is -0.209 e. The molecule has 78 valence electrons. The third kappa shape index (κ3) is 3.35. The molecule has 0 saturated carbocycles. The molecule has 1 rings (SSSR count). The van der Waals surface area contributed by atoms with Crippen molar-refractivity contribution in [3.05, 3.63) is 30.3 Å². The fraction of sp³-hybridized carbons (Fsp3) is 0.400. The molecule has 0 atom stereocenters. The summed E-state index contributed by atoms with van der Waals surface area (Å²) in [5.41, 5.74) is 0. The van der Waals surface area contributed by atoms with E-state index in [0.29, 0.717) is 13.1 Å². The molecule has 0 radical (unpaired) electrons. The van der Waals surface area contributed by atoms with Crippen molar-refractivity contribution in [2.24, 2.45) is 0 Å². The van der Waals surface area contributed by atoms with Crippen LogP contribution in [0.5, 0.6) is 0 Å². The van der Waals surface area contributed by atoms with Gasteiger partial charge in [-0.2, -0.15) is 30.3 Å². The topological polar surface area (TPSA) is 37.4 Å². The Morgan fingerprint density at radius 2 is 1.87 bits per heavy atom. The summed E-state index contributed by atoms with van der Waals surface area (Å²) < 4.78 is 25.2. The summed E-state index contributed by atoms with van der Waals surface area (Å²) in [4.78, 5) is 0.240. The van der Waals surface area contributed by atoms with Gasteiger partial charge in [0.05, 0.1) is 0 Å². The Hall–Kier alpha value is -0.273. The smallest absolute Gasteiger partial charge is 0.209 e. The molecule has 0 heterocycles. The van der Waals surface area contributed by atoms with Crippen LogP contribution in [0, 0.1) is 6.07 Å². The summed E-state index contributed by atoms with van der Waals surface area (Å²) in [6.07, 6.45) is 0. The first-order valence-electron chi connectivity index (χ1n) is 4.59. The number of sulfonamides is 1. The van der Waals surface area contributed by atoms with Gasteiger partial charge < -0.3 is 0 Å². The van der Waals surface area contributed by atoms with Crippen LogP contribution in [0.4, 0.5) is 0 Å². The first-order chi connectivity index (χ1) is 6.62. The Morgan fingerprint density at radius 3 is 2.27 bits per heavy atom. The van der Waals surface area contributed by atoms with Gasteiger partial charge in [0.15, 0.2) is 0 Å². The summed E-state index contributed by atoms with van der Waals surface area (Å²) in [7, 11) is -3.32. The van der Waals surface area contributed by atoms with Gasteiger partial charge in [0.25, 0.3) is 0 Å². The van der Waals surface area contributed by atoms with Crippen molar-refractivity contribution < 1.29 is 27.3 Å². The molecule has 0 spiro atoms. The SMILES string of the molecule is CCN(CC)S(=O)(=O)c1[c-]cccc1.[Li+]. The third-order valence-electron chi connectivity index (χ3n) is 2.00. The van der Waals surface area contributed by atoms with E-state index in [1.54, 1.807) is 24.3 Å². The van der Waals surface area contributed by atoms with Crippen molar-refractivity contribution in [1.82, 2.24) is 4.31 Å². The molecule has 0 aliphatic carbocycles. The van der Waals surface area contributed by atoms with Crippen molar-refractivity contribution in [1.29, 1.82) is 0 Å². The van der Waals surface area contributed by atoms with Crippen molar-refractivity contribution in [2.45, 2.75) is 18.7 Å². The van der Waals surface area contributed by atoms with Crippen molar-refractivity contribution in [3.63, 3.8) is 0 Å². The van der Waals surface area contributed by atoms with Gasteiger partial charge in [-0.1, -0.05) is 13.8 Å². The minimum atomic E-state index is -3.32. The molecule has 5 heteroatoms. The van der Waals surface area contributed by atoms with Gasteiger partial charge in [-0.05, 0) is 4.90 Å². The molecule has 0 aromatic heterocycles. The van der Waals surface area contributed by atoms with E-state index in [1.807, 2.05) is 13.8 Å². The Balaban J connectivity index is 0.00000196. The Labute approximate surface area is 104 Å². The van der Waals surface area contributed by atoms with E-state index in [2.05, 4.69) is 6.07 Å². The maximum atomic E-state index is 11.9. The predicted molar refractivity (Wildman–Crippen MR) is 55.4 cm³/mol. The molecule has 1 aromatic carbocycles. The summed E-state index contributed by atoms with van der Waals surface area (Å²) in [5, 5.41) is 0. The maximum absolute atomic E-state index is 11.9. The number of hydrogen-bond donors (Lipinski definition) is 0. The largest absolute Gasteiger partial charge is 1.00 e. The second-order valence-electron chi connectivity index (χ2n) is 2.82. The quantitative estimate of drug-likeness (QED) is 0.457. The van der Waals surface area contributed by atoms with Crippen LogP contribution >= 0.6 is 0 Å². The minimum absolute atomic E-state index is 0. The molecule has 15 heavy (non-hydrogen) atoms. The van der Waals surface area contributed by atoms with Crippen LogP contribution in [0.3, 0.4) is 0 Å². The standard InChI is InChI=1S/C10H14NO2S.Li/c1-3-11(4-2)14(12,13)10-8-6-5-7-9-10;/h5-8H,3-4H2,1-2H3;/q-1;+1. The van der Waals surface area contributed by atoms with E-state index in [9.17, 15) is 8.42 Å². The molecule has 0 aliphatic heterocycles. The number of benzene rings is 1. The molecule has 0 aliphatic rings. The zero-order valence-corrected chi connectivity index (χ0v) is 10.2. The van der Waals surface area contributed by atoms with Crippen LogP contribution in [0.25, 0.3) is 0 Å². The molecular formula is C10H14LiNO2S. The molecule has 0 bridgehead atoms. The van der Waals surface area contributed by atoms with Crippen molar-refractivity contribution >= 4 is 10.0 Å². The van der Waals surface area contributed by atoms with E-state index in [4.69, 9.17) is 0 Å². The Bertz CT molecular complexity index is 374. The van der Waals surface area contributed by atoms with E-state index in [-0.39, 0.29) is 23.8 Å². The normalized spacial score (nSPS) is 11.1. The second-order valence-corrected chi connectivity index (χ2v) is 4.72. The van der Waals surface area contributed by atoms with Gasteiger partial charge in [0.1, 0.15) is 0 Å². The zero-order valence-electron chi connectivity index (χ0n) is 9.40. The molecule has 3 nitrogen and oxygen atoms in total. The van der Waals surface area contributed by atoms with Crippen LogP contribution < -0.4 is 18.9 Å². The summed E-state index contributed by atoms with van der Waals surface area (Å²) in [5.74, 6) is 0. The summed E-state index contributed by atoms with van der Waals surface area (Å²) in [6.45, 7) is 4.62. The van der Waals surface area contributed by atoms with E-state index < -0.39 is 10.0 Å². The van der Waals surface area contributed by atoms with Gasteiger partial charge in [-0.15, -0.1) is 0 Å². The van der Waals surface area contributed by atoms with Gasteiger partial charge in [0, 0.05) is 13.1 Å². The number of nitrogens with zero attached hydrogens (tertiary/aromatic N) is 1. The monoisotopic (exact) mass is 219 g/mol. The molecule has 0 saturated heterocycles. The first kappa shape index (κ1) is 14.7. The summed E-state index contributed by atoms with van der Waals surface area (Å²) in [6, 6.07) is 9.35. The van der Waals surface area contributed by atoms with Crippen LogP contribution in [0.1, 0.15) is 13.8 Å². The summed E-state index contributed by atoms with van der Waals surface area (Å²) >= 11 is 0. The fourth-order valence-corrected chi connectivity index (χ4v) is 2.67. The molecular weight excluding hydrogens is 205 g/mol. The Morgan fingerprint density at radius 1 is 1.27 bits per heavy atom. The van der Waals surface area contributed by atoms with Crippen molar-refractivity contribution in [2.75, 3.05) is 13.1 Å². The Kier molecular flexibility index (Phi) is 6.23. The van der Waals surface area contributed by atoms with Gasteiger partial charge in [0.2, 0.25) is 10.0 Å². The van der Waals surface area contributed by atoms with Gasteiger partial charge in [-0.3, -0.25) is 0 Å². The fourth-order valence-electron chi connectivity index (χ4n) is 1.24. The van der Waals surface area contributed by atoms with Gasteiger partial charge in [-0.25, -0.2) is 12.7 Å². The predicted octanol–water partition coefficient (Wildman–Crippen LogP) is -1.48. The third-order valence-corrected chi connectivity index (χ3v) is 4.01. The number of hydrogen-bond acceptors (Lipinski definition) is 2. The van der Waals surface area contributed by atoms with Crippen LogP contribution in [-0.2, 0) is 10.0 Å². The molecule has 0 amide bonds. The van der Waals surface area contributed by atoms with Crippen LogP contribution in [0.2, 0.25) is 0 Å². The van der Waals surface area contributed by atoms with Crippen LogP contribution in [0.15, 0.2) is 29.2 Å². The molecule has 0 fully saturated rings. The van der Waals surface area contributed by atoms with Crippen LogP contribution in [-0.4, -0.2) is 25.8 Å². The second kappa shape index (κ2) is 6.34. The molecule has 0 unspecified atom stereocenters. The van der Waals surface area contributed by atoms with E-state index >= 15 is 0 Å². The molecule has 0 N–H and O–H groups in total. The average molecular weight is 219 g/mol. The zero-order chi connectivity index (χ0) is 10.6. The first-order valence-corrected chi connectivity index (χ1v) is 6.03. The number of rotatable bonds is 4. The molecule has 1 aromatic rings. The van der Waals surface area contributed by atoms with E-state index in [0.717, 1.165) is 0 Å².